The summed E-state index contributed by atoms with van der Waals surface area (Å²) in [4.78, 5) is 26.0. The zero-order valence-electron chi connectivity index (χ0n) is 10.3. The summed E-state index contributed by atoms with van der Waals surface area (Å²) in [5, 5.41) is 0. The normalized spacial score (nSPS) is 10.2. The third-order valence-corrected chi connectivity index (χ3v) is 2.83. The number of nitrogens with zero attached hydrogens (tertiary/aromatic N) is 2. The van der Waals surface area contributed by atoms with Crippen LogP contribution in [0.4, 0.5) is 0 Å². The van der Waals surface area contributed by atoms with Gasteiger partial charge >= 0.3 is 0 Å². The maximum Gasteiger partial charge on any atom is 0.237 e. The van der Waals surface area contributed by atoms with Crippen molar-refractivity contribution in [2.45, 2.75) is 0 Å². The molecular formula is C10H20Cl2N4O2. The smallest absolute Gasteiger partial charge is 0.237 e. The molecule has 0 aliphatic rings. The number of nitrogens with two attached hydrogens (primary N) is 2. The Hall–Kier alpha value is -0.560. The third-order valence-electron chi connectivity index (χ3n) is 2.37. The standard InChI is InChI=1S/C10H20Cl2N4O2/c11-7-9(17)15(3-1-13)5-6-16(4-2-14)10(18)8-12/h1-8,13-14H2. The van der Waals surface area contributed by atoms with Crippen LogP contribution in [0.25, 0.3) is 0 Å². The number of hydrogen-bond donors (Lipinski definition) is 2. The van der Waals surface area contributed by atoms with Crippen molar-refractivity contribution in [1.29, 1.82) is 0 Å². The fraction of sp³-hybridized carbons (Fsp3) is 0.800. The van der Waals surface area contributed by atoms with Crippen LogP contribution in [0.2, 0.25) is 0 Å². The fourth-order valence-corrected chi connectivity index (χ4v) is 1.78. The van der Waals surface area contributed by atoms with Gasteiger partial charge in [0.05, 0.1) is 0 Å². The van der Waals surface area contributed by atoms with Crippen LogP contribution in [0.1, 0.15) is 0 Å². The van der Waals surface area contributed by atoms with Gasteiger partial charge in [0, 0.05) is 39.3 Å². The monoisotopic (exact) mass is 298 g/mol. The number of rotatable bonds is 9. The highest BCUT2D eigenvalue weighted by Crippen LogP contribution is 1.97. The molecule has 0 bridgehead atoms. The third kappa shape index (κ3) is 6.39. The first-order valence-corrected chi connectivity index (χ1v) is 6.75. The second kappa shape index (κ2) is 10.4. The molecule has 106 valence electrons. The summed E-state index contributed by atoms with van der Waals surface area (Å²) in [5.74, 6) is -0.595. The summed E-state index contributed by atoms with van der Waals surface area (Å²) < 4.78 is 0. The SMILES string of the molecule is NCCN(CCN(CCN)C(=O)CCl)C(=O)CCl. The van der Waals surface area contributed by atoms with E-state index in [2.05, 4.69) is 0 Å². The second-order valence-electron chi connectivity index (χ2n) is 3.61. The van der Waals surface area contributed by atoms with Crippen molar-refractivity contribution >= 4 is 35.0 Å². The highest BCUT2D eigenvalue weighted by Gasteiger charge is 2.16. The van der Waals surface area contributed by atoms with E-state index < -0.39 is 0 Å². The van der Waals surface area contributed by atoms with Gasteiger partial charge < -0.3 is 21.3 Å². The number of alkyl halides is 2. The Morgan fingerprint density at radius 1 is 0.778 bits per heavy atom. The lowest BCUT2D eigenvalue weighted by Gasteiger charge is -2.26. The van der Waals surface area contributed by atoms with E-state index in [4.69, 9.17) is 34.7 Å². The van der Waals surface area contributed by atoms with E-state index in [0.29, 0.717) is 39.3 Å². The predicted molar refractivity (Wildman–Crippen MR) is 72.7 cm³/mol. The van der Waals surface area contributed by atoms with Crippen molar-refractivity contribution in [3.05, 3.63) is 0 Å². The molecule has 0 rings (SSSR count). The minimum absolute atomic E-state index is 0.0969. The summed E-state index contributed by atoms with van der Waals surface area (Å²) in [6.07, 6.45) is 0. The minimum Gasteiger partial charge on any atom is -0.339 e. The average molecular weight is 299 g/mol. The van der Waals surface area contributed by atoms with E-state index in [1.165, 1.54) is 9.80 Å². The number of carbonyl (C=O) groups excluding carboxylic acids is 2. The molecule has 0 heterocycles. The van der Waals surface area contributed by atoms with Crippen molar-refractivity contribution in [3.8, 4) is 0 Å². The zero-order chi connectivity index (χ0) is 14.0. The molecule has 0 aromatic carbocycles. The molecule has 0 spiro atoms. The molecule has 0 aliphatic carbocycles. The van der Waals surface area contributed by atoms with Gasteiger partial charge in [-0.15, -0.1) is 23.2 Å². The molecule has 0 aliphatic heterocycles. The van der Waals surface area contributed by atoms with Gasteiger partial charge in [0.15, 0.2) is 0 Å². The molecule has 6 nitrogen and oxygen atoms in total. The van der Waals surface area contributed by atoms with Crippen LogP contribution in [-0.4, -0.2) is 72.6 Å². The second-order valence-corrected chi connectivity index (χ2v) is 4.14. The molecule has 8 heteroatoms. The fourth-order valence-electron chi connectivity index (χ4n) is 1.44. The van der Waals surface area contributed by atoms with E-state index in [9.17, 15) is 9.59 Å². The first kappa shape index (κ1) is 17.4. The van der Waals surface area contributed by atoms with Crippen LogP contribution in [0.15, 0.2) is 0 Å². The Balaban J connectivity index is 4.35. The van der Waals surface area contributed by atoms with Crippen LogP contribution in [-0.2, 0) is 9.59 Å². The van der Waals surface area contributed by atoms with Gasteiger partial charge in [-0.05, 0) is 0 Å². The predicted octanol–water partition coefficient (Wildman–Crippen LogP) is -0.961. The van der Waals surface area contributed by atoms with Gasteiger partial charge in [-0.2, -0.15) is 0 Å². The highest BCUT2D eigenvalue weighted by molar-refractivity contribution is 6.27. The summed E-state index contributed by atoms with van der Waals surface area (Å²) in [6.45, 7) is 2.29. The summed E-state index contributed by atoms with van der Waals surface area (Å²) in [5.41, 5.74) is 10.8. The molecular weight excluding hydrogens is 279 g/mol. The molecule has 0 atom stereocenters. The molecule has 4 N–H and O–H groups in total. The number of halogens is 2. The molecule has 0 unspecified atom stereocenters. The van der Waals surface area contributed by atoms with Crippen molar-refractivity contribution < 1.29 is 9.59 Å². The van der Waals surface area contributed by atoms with Gasteiger partial charge in [0.1, 0.15) is 11.8 Å². The van der Waals surface area contributed by atoms with Crippen LogP contribution < -0.4 is 11.5 Å². The number of hydrogen-bond acceptors (Lipinski definition) is 4. The van der Waals surface area contributed by atoms with Crippen LogP contribution >= 0.6 is 23.2 Å². The number of amides is 2. The van der Waals surface area contributed by atoms with Crippen molar-refractivity contribution in [2.24, 2.45) is 11.5 Å². The van der Waals surface area contributed by atoms with Gasteiger partial charge in [-0.25, -0.2) is 0 Å². The van der Waals surface area contributed by atoms with Gasteiger partial charge in [0.25, 0.3) is 0 Å². The van der Waals surface area contributed by atoms with Gasteiger partial charge in [-0.1, -0.05) is 0 Å². The van der Waals surface area contributed by atoms with Crippen LogP contribution in [0.5, 0.6) is 0 Å². The van der Waals surface area contributed by atoms with Crippen molar-refractivity contribution in [3.63, 3.8) is 0 Å². The number of carbonyl (C=O) groups is 2. The molecule has 0 saturated carbocycles. The van der Waals surface area contributed by atoms with Crippen LogP contribution in [0, 0.1) is 0 Å². The Bertz CT molecular complexity index is 240. The Morgan fingerprint density at radius 2 is 1.11 bits per heavy atom. The van der Waals surface area contributed by atoms with Crippen LogP contribution in [0.3, 0.4) is 0 Å². The van der Waals surface area contributed by atoms with Crippen molar-refractivity contribution in [2.75, 3.05) is 51.0 Å². The highest BCUT2D eigenvalue weighted by atomic mass is 35.5. The topological polar surface area (TPSA) is 92.7 Å². The molecule has 0 radical (unpaired) electrons. The van der Waals surface area contributed by atoms with Crippen molar-refractivity contribution in [1.82, 2.24) is 9.80 Å². The van der Waals surface area contributed by atoms with Gasteiger partial charge in [-0.3, -0.25) is 9.59 Å². The average Bonchev–Trinajstić information content (AvgIpc) is 2.40. The first-order valence-electron chi connectivity index (χ1n) is 5.68. The van der Waals surface area contributed by atoms with Gasteiger partial charge in [0.2, 0.25) is 11.8 Å². The lowest BCUT2D eigenvalue weighted by atomic mass is 10.4. The maximum absolute atomic E-state index is 11.5. The largest absolute Gasteiger partial charge is 0.339 e. The minimum atomic E-state index is -0.201. The molecule has 0 aromatic rings. The lowest BCUT2D eigenvalue weighted by molar-refractivity contribution is -0.132. The zero-order valence-corrected chi connectivity index (χ0v) is 11.8. The Kier molecular flexibility index (Phi) is 10.0. The van der Waals surface area contributed by atoms with E-state index in [1.54, 1.807) is 0 Å². The summed E-state index contributed by atoms with van der Waals surface area (Å²) >= 11 is 11.0. The quantitative estimate of drug-likeness (QED) is 0.536. The summed E-state index contributed by atoms with van der Waals surface area (Å²) in [7, 11) is 0. The first-order chi connectivity index (χ1) is 8.60. The Morgan fingerprint density at radius 3 is 1.33 bits per heavy atom. The molecule has 18 heavy (non-hydrogen) atoms. The van der Waals surface area contributed by atoms with E-state index in [0.717, 1.165) is 0 Å². The van der Waals surface area contributed by atoms with E-state index in [1.807, 2.05) is 0 Å². The molecule has 0 aromatic heterocycles. The lowest BCUT2D eigenvalue weighted by Crippen LogP contribution is -2.45. The molecule has 0 fully saturated rings. The Labute approximate surface area is 117 Å². The van der Waals surface area contributed by atoms with E-state index in [-0.39, 0.29) is 23.6 Å². The van der Waals surface area contributed by atoms with E-state index >= 15 is 0 Å². The maximum atomic E-state index is 11.5. The molecule has 2 amide bonds. The molecule has 0 saturated heterocycles. The summed E-state index contributed by atoms with van der Waals surface area (Å²) in [6, 6.07) is 0.